The van der Waals surface area contributed by atoms with Crippen molar-refractivity contribution >= 4 is 11.9 Å². The maximum atomic E-state index is 10.6. The molecule has 14 heteroatoms. The number of piperazine rings is 1. The highest BCUT2D eigenvalue weighted by Gasteiger charge is 2.39. The van der Waals surface area contributed by atoms with Gasteiger partial charge in [0.15, 0.2) is 0 Å². The van der Waals surface area contributed by atoms with Crippen molar-refractivity contribution in [2.24, 2.45) is 0 Å². The molecule has 3 rings (SSSR count). The highest BCUT2D eigenvalue weighted by Crippen LogP contribution is 2.24. The Kier molecular flexibility index (Phi) is 11.9. The molecule has 0 radical (unpaired) electrons. The third-order valence-electron chi connectivity index (χ3n) is 5.43. The minimum Gasteiger partial charge on any atom is -0.475 e. The number of hydrogen-bond donors (Lipinski definition) is 3. The van der Waals surface area contributed by atoms with Crippen LogP contribution in [0, 0.1) is 6.92 Å². The molecule has 8 nitrogen and oxygen atoms in total. The van der Waals surface area contributed by atoms with Gasteiger partial charge in [0, 0.05) is 50.7 Å². The molecule has 0 bridgehead atoms. The van der Waals surface area contributed by atoms with Gasteiger partial charge in [0.25, 0.3) is 0 Å². The molecule has 1 aliphatic carbocycles. The lowest BCUT2D eigenvalue weighted by molar-refractivity contribution is -0.193. The molecule has 0 spiro atoms. The number of aromatic nitrogens is 1. The van der Waals surface area contributed by atoms with Crippen LogP contribution in [-0.2, 0) is 16.1 Å². The maximum absolute atomic E-state index is 10.6. The molecule has 1 saturated heterocycles. The summed E-state index contributed by atoms with van der Waals surface area (Å²) in [6.07, 6.45) is -3.66. The number of rotatable bonds is 3. The summed E-state index contributed by atoms with van der Waals surface area (Å²) in [5.74, 6) is -5.51. The van der Waals surface area contributed by atoms with Gasteiger partial charge in [-0.15, -0.1) is 0 Å². The van der Waals surface area contributed by atoms with Gasteiger partial charge in [-0.2, -0.15) is 26.3 Å². The van der Waals surface area contributed by atoms with Gasteiger partial charge in [0.05, 0.1) is 6.10 Å². The Bertz CT molecular complexity index is 772. The van der Waals surface area contributed by atoms with Gasteiger partial charge in [-0.1, -0.05) is 18.9 Å². The van der Waals surface area contributed by atoms with Crippen LogP contribution in [0.2, 0.25) is 0 Å². The Balaban J connectivity index is 0.000000362. The SMILES string of the molecule is Cc1ccc(CN2CCN([C@H]3CCCC[C@@H]3O)CC2)cn1.O=C(O)C(F)(F)F.O=C(O)C(F)(F)F. The third-order valence-corrected chi connectivity index (χ3v) is 5.43. The molecule has 3 N–H and O–H groups in total. The molecule has 2 atom stereocenters. The van der Waals surface area contributed by atoms with Crippen LogP contribution in [0.3, 0.4) is 0 Å². The van der Waals surface area contributed by atoms with Crippen LogP contribution in [0.15, 0.2) is 18.3 Å². The van der Waals surface area contributed by atoms with E-state index in [0.29, 0.717) is 6.04 Å². The standard InChI is InChI=1S/C17H27N3O.2C2HF3O2/c1-14-6-7-15(12-18-14)13-19-8-10-20(11-9-19)16-4-2-3-5-17(16)21;2*3-2(4,5)1(6)7/h6-7,12,16-17,21H,2-5,8-11,13H2,1H3;2*(H,6,7)/t16-,17-;;/m0../s1. The van der Waals surface area contributed by atoms with Gasteiger partial charge >= 0.3 is 24.3 Å². The van der Waals surface area contributed by atoms with Crippen molar-refractivity contribution in [3.8, 4) is 0 Å². The summed E-state index contributed by atoms with van der Waals surface area (Å²) in [4.78, 5) is 27.2. The molecule has 35 heavy (non-hydrogen) atoms. The predicted molar refractivity (Wildman–Crippen MR) is 111 cm³/mol. The fourth-order valence-corrected chi connectivity index (χ4v) is 3.62. The van der Waals surface area contributed by atoms with Crippen molar-refractivity contribution < 1.29 is 51.3 Å². The molecule has 0 amide bonds. The highest BCUT2D eigenvalue weighted by molar-refractivity contribution is 5.73. The average Bonchev–Trinajstić information content (AvgIpc) is 2.76. The topological polar surface area (TPSA) is 114 Å². The van der Waals surface area contributed by atoms with E-state index in [1.54, 1.807) is 0 Å². The lowest BCUT2D eigenvalue weighted by atomic mass is 9.91. The van der Waals surface area contributed by atoms with Crippen LogP contribution in [0.5, 0.6) is 0 Å². The predicted octanol–water partition coefficient (Wildman–Crippen LogP) is 3.08. The van der Waals surface area contributed by atoms with E-state index in [0.717, 1.165) is 44.8 Å². The number of pyridine rings is 1. The number of carboxylic acid groups (broad SMARTS) is 2. The van der Waals surface area contributed by atoms with Crippen LogP contribution in [-0.4, -0.2) is 92.7 Å². The molecule has 1 aliphatic heterocycles. The second-order valence-corrected chi connectivity index (χ2v) is 8.14. The summed E-state index contributed by atoms with van der Waals surface area (Å²) < 4.78 is 63.5. The quantitative estimate of drug-likeness (QED) is 0.525. The Morgan fingerprint density at radius 3 is 1.83 bits per heavy atom. The molecule has 2 fully saturated rings. The van der Waals surface area contributed by atoms with E-state index in [1.807, 2.05) is 13.1 Å². The molecule has 200 valence electrons. The van der Waals surface area contributed by atoms with Crippen molar-refractivity contribution in [2.45, 2.75) is 63.7 Å². The zero-order valence-electron chi connectivity index (χ0n) is 19.0. The average molecular weight is 517 g/mol. The summed E-state index contributed by atoms with van der Waals surface area (Å²) >= 11 is 0. The first-order valence-electron chi connectivity index (χ1n) is 10.8. The van der Waals surface area contributed by atoms with Gasteiger partial charge in [0.1, 0.15) is 0 Å². The van der Waals surface area contributed by atoms with Crippen LogP contribution in [0.4, 0.5) is 26.3 Å². The number of carboxylic acids is 2. The first kappa shape index (κ1) is 30.6. The second kappa shape index (κ2) is 13.6. The molecular weight excluding hydrogens is 488 g/mol. The fourth-order valence-electron chi connectivity index (χ4n) is 3.62. The molecule has 0 aromatic carbocycles. The van der Waals surface area contributed by atoms with Crippen LogP contribution in [0.25, 0.3) is 0 Å². The number of aliphatic hydroxyl groups excluding tert-OH is 1. The zero-order valence-corrected chi connectivity index (χ0v) is 19.0. The minimum atomic E-state index is -5.08. The first-order valence-corrected chi connectivity index (χ1v) is 10.8. The van der Waals surface area contributed by atoms with E-state index in [1.165, 1.54) is 24.8 Å². The summed E-state index contributed by atoms with van der Waals surface area (Å²) in [5, 5.41) is 24.4. The minimum absolute atomic E-state index is 0.105. The molecule has 1 saturated carbocycles. The second-order valence-electron chi connectivity index (χ2n) is 8.14. The third kappa shape index (κ3) is 11.7. The van der Waals surface area contributed by atoms with E-state index in [4.69, 9.17) is 19.8 Å². The Morgan fingerprint density at radius 2 is 1.43 bits per heavy atom. The molecule has 0 unspecified atom stereocenters. The van der Waals surface area contributed by atoms with E-state index in [-0.39, 0.29) is 6.10 Å². The Labute approximate surface area is 198 Å². The largest absolute Gasteiger partial charge is 0.490 e. The Morgan fingerprint density at radius 1 is 0.943 bits per heavy atom. The van der Waals surface area contributed by atoms with Gasteiger partial charge in [-0.25, -0.2) is 9.59 Å². The maximum Gasteiger partial charge on any atom is 0.490 e. The van der Waals surface area contributed by atoms with Crippen molar-refractivity contribution in [1.82, 2.24) is 14.8 Å². The lowest BCUT2D eigenvalue weighted by Crippen LogP contribution is -2.54. The number of aliphatic hydroxyl groups is 1. The fraction of sp³-hybridized carbons (Fsp3) is 0.667. The van der Waals surface area contributed by atoms with Crippen molar-refractivity contribution in [1.29, 1.82) is 0 Å². The van der Waals surface area contributed by atoms with Crippen LogP contribution in [0.1, 0.15) is 36.9 Å². The number of nitrogens with zero attached hydrogens (tertiary/aromatic N) is 3. The van der Waals surface area contributed by atoms with E-state index in [2.05, 4.69) is 26.9 Å². The molecule has 2 aliphatic rings. The summed E-state index contributed by atoms with van der Waals surface area (Å²) in [6.45, 7) is 7.38. The van der Waals surface area contributed by atoms with Crippen molar-refractivity contribution in [3.05, 3.63) is 29.6 Å². The molecule has 2 heterocycles. The number of halogens is 6. The van der Waals surface area contributed by atoms with Gasteiger partial charge in [-0.3, -0.25) is 14.8 Å². The van der Waals surface area contributed by atoms with E-state index >= 15 is 0 Å². The molecular formula is C21H29F6N3O5. The van der Waals surface area contributed by atoms with Crippen molar-refractivity contribution in [2.75, 3.05) is 26.2 Å². The van der Waals surface area contributed by atoms with Crippen molar-refractivity contribution in [3.63, 3.8) is 0 Å². The normalized spacial score (nSPS) is 21.7. The number of hydrogen-bond acceptors (Lipinski definition) is 6. The number of carbonyl (C=O) groups is 2. The summed E-state index contributed by atoms with van der Waals surface area (Å²) in [6, 6.07) is 4.67. The lowest BCUT2D eigenvalue weighted by Gasteiger charge is -2.42. The van der Waals surface area contributed by atoms with Crippen LogP contribution < -0.4 is 0 Å². The smallest absolute Gasteiger partial charge is 0.475 e. The Hall–Kier alpha value is -2.45. The highest BCUT2D eigenvalue weighted by atomic mass is 19.4. The van der Waals surface area contributed by atoms with E-state index in [9.17, 15) is 31.4 Å². The summed E-state index contributed by atoms with van der Waals surface area (Å²) in [7, 11) is 0. The van der Waals surface area contributed by atoms with Gasteiger partial charge < -0.3 is 15.3 Å². The van der Waals surface area contributed by atoms with Crippen LogP contribution >= 0.6 is 0 Å². The summed E-state index contributed by atoms with van der Waals surface area (Å²) in [5.41, 5.74) is 2.38. The molecule has 1 aromatic heterocycles. The van der Waals surface area contributed by atoms with Gasteiger partial charge in [-0.05, 0) is 31.4 Å². The first-order chi connectivity index (χ1) is 16.1. The molecule has 1 aromatic rings. The van der Waals surface area contributed by atoms with Gasteiger partial charge in [0.2, 0.25) is 0 Å². The number of aliphatic carboxylic acids is 2. The number of alkyl halides is 6. The zero-order chi connectivity index (χ0) is 26.8. The van der Waals surface area contributed by atoms with E-state index < -0.39 is 24.3 Å². The monoisotopic (exact) mass is 517 g/mol. The number of aryl methyl sites for hydroxylation is 1.